The molecule has 1 aromatic carbocycles. The number of nitrogens with two attached hydrogens (primary N) is 1. The molecule has 186 valence electrons. The molecule has 0 atom stereocenters. The molecule has 4 rings (SSSR count). The van der Waals surface area contributed by atoms with Gasteiger partial charge in [-0.3, -0.25) is 24.0 Å². The second-order valence-corrected chi connectivity index (χ2v) is 10.4. The quantitative estimate of drug-likeness (QED) is 0.514. The van der Waals surface area contributed by atoms with Crippen LogP contribution in [0.15, 0.2) is 39.9 Å². The van der Waals surface area contributed by atoms with Crippen molar-refractivity contribution < 1.29 is 14.3 Å². The summed E-state index contributed by atoms with van der Waals surface area (Å²) in [5.74, 6) is 1.18. The van der Waals surface area contributed by atoms with Crippen LogP contribution >= 0.6 is 11.3 Å². The van der Waals surface area contributed by atoms with Gasteiger partial charge in [0.2, 0.25) is 0 Å². The number of rotatable bonds is 7. The van der Waals surface area contributed by atoms with Gasteiger partial charge in [0.25, 0.3) is 11.5 Å². The molecule has 1 aliphatic rings. The lowest BCUT2D eigenvalue weighted by Gasteiger charge is -2.26. The predicted octanol–water partition coefficient (Wildman–Crippen LogP) is 3.58. The molecule has 0 saturated heterocycles. The van der Waals surface area contributed by atoms with Crippen molar-refractivity contribution in [3.63, 3.8) is 0 Å². The first-order valence-electron chi connectivity index (χ1n) is 11.6. The van der Waals surface area contributed by atoms with Crippen LogP contribution in [0, 0.1) is 11.8 Å². The van der Waals surface area contributed by atoms with E-state index in [1.807, 2.05) is 52.0 Å². The van der Waals surface area contributed by atoms with E-state index in [-0.39, 0.29) is 35.8 Å². The second-order valence-electron chi connectivity index (χ2n) is 9.33. The van der Waals surface area contributed by atoms with Gasteiger partial charge in [0.1, 0.15) is 19.0 Å². The Morgan fingerprint density at radius 2 is 1.80 bits per heavy atom. The second kappa shape index (κ2) is 9.99. The molecule has 1 amide bonds. The van der Waals surface area contributed by atoms with E-state index < -0.39 is 11.2 Å². The lowest BCUT2D eigenvalue weighted by atomic mass is 10.1. The summed E-state index contributed by atoms with van der Waals surface area (Å²) in [7, 11) is 0. The van der Waals surface area contributed by atoms with Gasteiger partial charge in [-0.15, -0.1) is 11.3 Å². The van der Waals surface area contributed by atoms with Crippen LogP contribution in [-0.4, -0.2) is 35.2 Å². The van der Waals surface area contributed by atoms with Crippen LogP contribution in [0.2, 0.25) is 0 Å². The van der Waals surface area contributed by atoms with Crippen LogP contribution < -0.4 is 31.4 Å². The van der Waals surface area contributed by atoms with E-state index in [2.05, 4.69) is 4.98 Å². The Morgan fingerprint density at radius 3 is 2.49 bits per heavy atom. The fourth-order valence-electron chi connectivity index (χ4n) is 3.96. The summed E-state index contributed by atoms with van der Waals surface area (Å²) >= 11 is 1.32. The molecule has 9 nitrogen and oxygen atoms in total. The number of H-pyrrole nitrogens is 1. The Morgan fingerprint density at radius 1 is 1.09 bits per heavy atom. The molecule has 0 radical (unpaired) electrons. The molecule has 3 heterocycles. The van der Waals surface area contributed by atoms with Gasteiger partial charge in [0.05, 0.1) is 4.88 Å². The maximum Gasteiger partial charge on any atom is 0.330 e. The van der Waals surface area contributed by atoms with Crippen molar-refractivity contribution in [2.75, 3.05) is 30.4 Å². The number of nitrogens with zero attached hydrogens (tertiary/aromatic N) is 2. The average molecular weight is 499 g/mol. The van der Waals surface area contributed by atoms with Crippen LogP contribution in [-0.2, 0) is 6.54 Å². The number of benzene rings is 1. The lowest BCUT2D eigenvalue weighted by Crippen LogP contribution is -2.42. The van der Waals surface area contributed by atoms with Gasteiger partial charge < -0.3 is 15.2 Å². The minimum atomic E-state index is -0.676. The Labute approximate surface area is 207 Å². The standard InChI is InChI=1S/C25H30N4O5S/c1-14(2)12-28(21-22(26)29(13-15(3)4)25(32)27-23(21)30)24(31)20-8-7-19(35-20)16-5-6-17-18(11-16)34-10-9-33-17/h5-8,11,14-15H,9-10,12-13,26H2,1-4H3,(H,27,30,32). The molecule has 0 aliphatic carbocycles. The largest absolute Gasteiger partial charge is 0.486 e. The van der Waals surface area contributed by atoms with Gasteiger partial charge in [-0.2, -0.15) is 0 Å². The normalized spacial score (nSPS) is 12.9. The third kappa shape index (κ3) is 5.12. The van der Waals surface area contributed by atoms with E-state index in [0.29, 0.717) is 36.1 Å². The molecule has 1 aliphatic heterocycles. The minimum absolute atomic E-state index is 0.00164. The minimum Gasteiger partial charge on any atom is -0.486 e. The van der Waals surface area contributed by atoms with Crippen molar-refractivity contribution in [3.8, 4) is 21.9 Å². The number of hydrogen-bond donors (Lipinski definition) is 2. The highest BCUT2D eigenvalue weighted by molar-refractivity contribution is 7.17. The number of carbonyl (C=O) groups excluding carboxylic acids is 1. The number of fused-ring (bicyclic) bond motifs is 1. The number of hydrogen-bond acceptors (Lipinski definition) is 7. The van der Waals surface area contributed by atoms with Gasteiger partial charge >= 0.3 is 5.69 Å². The molecule has 35 heavy (non-hydrogen) atoms. The molecule has 0 bridgehead atoms. The van der Waals surface area contributed by atoms with Crippen molar-refractivity contribution in [2.24, 2.45) is 11.8 Å². The SMILES string of the molecule is CC(C)CN(C(=O)c1ccc(-c2ccc3c(c2)OCCO3)s1)c1c(N)n(CC(C)C)c(=O)[nH]c1=O. The zero-order valence-corrected chi connectivity index (χ0v) is 21.1. The number of ether oxygens (including phenoxy) is 2. The van der Waals surface area contributed by atoms with E-state index in [9.17, 15) is 14.4 Å². The maximum absolute atomic E-state index is 13.7. The number of amides is 1. The smallest absolute Gasteiger partial charge is 0.330 e. The van der Waals surface area contributed by atoms with Crippen molar-refractivity contribution in [1.82, 2.24) is 9.55 Å². The molecule has 0 unspecified atom stereocenters. The summed E-state index contributed by atoms with van der Waals surface area (Å²) in [6, 6.07) is 9.27. The van der Waals surface area contributed by atoms with Crippen molar-refractivity contribution in [1.29, 1.82) is 0 Å². The van der Waals surface area contributed by atoms with Gasteiger partial charge in [-0.05, 0) is 47.7 Å². The molecule has 10 heteroatoms. The summed E-state index contributed by atoms with van der Waals surface area (Å²) in [5, 5.41) is 0. The number of nitrogen functional groups attached to an aromatic ring is 1. The average Bonchev–Trinajstić information content (AvgIpc) is 3.30. The number of nitrogens with one attached hydrogen (secondary N) is 1. The van der Waals surface area contributed by atoms with E-state index in [1.54, 1.807) is 6.07 Å². The van der Waals surface area contributed by atoms with Crippen molar-refractivity contribution >= 4 is 28.7 Å². The summed E-state index contributed by atoms with van der Waals surface area (Å²) in [6.45, 7) is 9.38. The highest BCUT2D eigenvalue weighted by Crippen LogP contribution is 2.37. The number of thiophene rings is 1. The van der Waals surface area contributed by atoms with E-state index in [0.717, 1.165) is 10.4 Å². The number of carbonyl (C=O) groups is 1. The molecule has 0 saturated carbocycles. The topological polar surface area (TPSA) is 120 Å². The Hall–Kier alpha value is -3.53. The van der Waals surface area contributed by atoms with Gasteiger partial charge in [-0.25, -0.2) is 4.79 Å². The highest BCUT2D eigenvalue weighted by Gasteiger charge is 2.27. The number of aromatic nitrogens is 2. The van der Waals surface area contributed by atoms with Crippen molar-refractivity contribution in [3.05, 3.63) is 56.0 Å². The van der Waals surface area contributed by atoms with E-state index in [1.165, 1.54) is 20.8 Å². The first-order chi connectivity index (χ1) is 16.7. The molecule has 2 aromatic heterocycles. The fraction of sp³-hybridized carbons (Fsp3) is 0.400. The van der Waals surface area contributed by atoms with Crippen LogP contribution in [0.25, 0.3) is 10.4 Å². The third-order valence-electron chi connectivity index (χ3n) is 5.47. The molecule has 3 aromatic rings. The fourth-order valence-corrected chi connectivity index (χ4v) is 4.91. The highest BCUT2D eigenvalue weighted by atomic mass is 32.1. The van der Waals surface area contributed by atoms with Crippen LogP contribution in [0.4, 0.5) is 11.5 Å². The summed E-state index contributed by atoms with van der Waals surface area (Å²) in [4.78, 5) is 44.0. The van der Waals surface area contributed by atoms with Gasteiger partial charge in [0.15, 0.2) is 17.2 Å². The Bertz CT molecular complexity index is 1350. The van der Waals surface area contributed by atoms with Gasteiger partial charge in [0, 0.05) is 18.0 Å². The molecule has 3 N–H and O–H groups in total. The van der Waals surface area contributed by atoms with Crippen LogP contribution in [0.3, 0.4) is 0 Å². The Kier molecular flexibility index (Phi) is 7.02. The summed E-state index contributed by atoms with van der Waals surface area (Å²) < 4.78 is 12.6. The number of anilines is 2. The van der Waals surface area contributed by atoms with E-state index >= 15 is 0 Å². The lowest BCUT2D eigenvalue weighted by molar-refractivity contribution is 0.0987. The zero-order chi connectivity index (χ0) is 25.3. The molecule has 0 fully saturated rings. The Balaban J connectivity index is 1.72. The first-order valence-corrected chi connectivity index (χ1v) is 12.4. The molecule has 0 spiro atoms. The van der Waals surface area contributed by atoms with Crippen LogP contribution in [0.5, 0.6) is 11.5 Å². The van der Waals surface area contributed by atoms with Gasteiger partial charge in [-0.1, -0.05) is 27.7 Å². The summed E-state index contributed by atoms with van der Waals surface area (Å²) in [6.07, 6.45) is 0. The third-order valence-corrected chi connectivity index (χ3v) is 6.59. The predicted molar refractivity (Wildman–Crippen MR) is 138 cm³/mol. The molecular formula is C25H30N4O5S. The summed E-state index contributed by atoms with van der Waals surface area (Å²) in [5.41, 5.74) is 5.95. The zero-order valence-electron chi connectivity index (χ0n) is 20.3. The maximum atomic E-state index is 13.7. The van der Waals surface area contributed by atoms with E-state index in [4.69, 9.17) is 15.2 Å². The van der Waals surface area contributed by atoms with Crippen molar-refractivity contribution in [2.45, 2.75) is 34.2 Å². The number of aromatic amines is 1. The first kappa shape index (κ1) is 24.6. The monoisotopic (exact) mass is 498 g/mol. The molecular weight excluding hydrogens is 468 g/mol. The van der Waals surface area contributed by atoms with Crippen LogP contribution in [0.1, 0.15) is 37.4 Å².